The molecule has 2 rings (SSSR count). The number of nitrogens with zero attached hydrogens (tertiary/aromatic N) is 1. The van der Waals surface area contributed by atoms with Gasteiger partial charge in [0.05, 0.1) is 0 Å². The highest BCUT2D eigenvalue weighted by Gasteiger charge is 2.08. The molecule has 0 saturated carbocycles. The summed E-state index contributed by atoms with van der Waals surface area (Å²) in [4.78, 5) is 16.0. The largest absolute Gasteiger partial charge is 0.466 e. The van der Waals surface area contributed by atoms with Crippen LogP contribution in [0.4, 0.5) is 5.82 Å². The van der Waals surface area contributed by atoms with Gasteiger partial charge in [-0.15, -0.1) is 0 Å². The Morgan fingerprint density at radius 3 is 2.84 bits per heavy atom. The van der Waals surface area contributed by atoms with Crippen LogP contribution in [0.2, 0.25) is 0 Å². The Bertz CT molecular complexity index is 593. The highest BCUT2D eigenvalue weighted by molar-refractivity contribution is 9.10. The molecular formula is C14H15BrN2O2. The normalized spacial score (nSPS) is 10.5. The number of aromatic nitrogens is 1. The third kappa shape index (κ3) is 3.92. The second-order valence-corrected chi connectivity index (χ2v) is 5.30. The van der Waals surface area contributed by atoms with Crippen molar-refractivity contribution >= 4 is 27.7 Å². The molecule has 2 aromatic rings. The van der Waals surface area contributed by atoms with E-state index >= 15 is 0 Å². The molecule has 5 heteroatoms. The highest BCUT2D eigenvalue weighted by Crippen LogP contribution is 2.17. The fraction of sp³-hybridized carbons (Fsp3) is 0.286. The van der Waals surface area contributed by atoms with E-state index in [1.165, 1.54) is 0 Å². The number of hydrogen-bond acceptors (Lipinski definition) is 3. The fourth-order valence-corrected chi connectivity index (χ4v) is 2.17. The summed E-state index contributed by atoms with van der Waals surface area (Å²) in [5.41, 5.74) is 0.927. The second-order valence-electron chi connectivity index (χ2n) is 4.38. The summed E-state index contributed by atoms with van der Waals surface area (Å²) in [7, 11) is 0. The first-order valence-electron chi connectivity index (χ1n) is 6.02. The maximum absolute atomic E-state index is 11.8. The summed E-state index contributed by atoms with van der Waals surface area (Å²) in [6.07, 6.45) is 2.64. The number of furan rings is 1. The zero-order valence-corrected chi connectivity index (χ0v) is 12.5. The van der Waals surface area contributed by atoms with Gasteiger partial charge in [0.2, 0.25) is 5.91 Å². The molecule has 0 atom stereocenters. The Morgan fingerprint density at radius 2 is 2.21 bits per heavy atom. The molecule has 4 nitrogen and oxygen atoms in total. The van der Waals surface area contributed by atoms with Gasteiger partial charge < -0.3 is 9.73 Å². The van der Waals surface area contributed by atoms with E-state index in [1.54, 1.807) is 6.20 Å². The van der Waals surface area contributed by atoms with Gasteiger partial charge in [-0.1, -0.05) is 0 Å². The summed E-state index contributed by atoms with van der Waals surface area (Å²) < 4.78 is 6.32. The summed E-state index contributed by atoms with van der Waals surface area (Å²) in [6, 6.07) is 5.71. The molecule has 1 N–H and O–H groups in total. The molecule has 19 heavy (non-hydrogen) atoms. The number of anilines is 1. The number of carbonyl (C=O) groups excluding carboxylic acids is 1. The molecule has 0 aliphatic carbocycles. The van der Waals surface area contributed by atoms with Crippen LogP contribution in [0.15, 0.2) is 33.3 Å². The molecule has 2 heterocycles. The van der Waals surface area contributed by atoms with E-state index in [-0.39, 0.29) is 5.91 Å². The lowest BCUT2D eigenvalue weighted by Gasteiger charge is -2.07. The SMILES string of the molecule is Cc1ccc(CCC(=O)Nc2ncc(Br)cc2C)o1. The summed E-state index contributed by atoms with van der Waals surface area (Å²) in [5, 5.41) is 2.80. The van der Waals surface area contributed by atoms with Crippen molar-refractivity contribution in [2.75, 3.05) is 5.32 Å². The zero-order chi connectivity index (χ0) is 13.8. The van der Waals surface area contributed by atoms with E-state index < -0.39 is 0 Å². The lowest BCUT2D eigenvalue weighted by molar-refractivity contribution is -0.116. The smallest absolute Gasteiger partial charge is 0.225 e. The lowest BCUT2D eigenvalue weighted by atomic mass is 10.2. The van der Waals surface area contributed by atoms with Crippen LogP contribution >= 0.6 is 15.9 Å². The molecule has 0 aliphatic heterocycles. The first-order chi connectivity index (χ1) is 9.04. The first kappa shape index (κ1) is 13.8. The zero-order valence-electron chi connectivity index (χ0n) is 10.9. The van der Waals surface area contributed by atoms with Crippen molar-refractivity contribution in [1.82, 2.24) is 4.98 Å². The van der Waals surface area contributed by atoms with Crippen LogP contribution in [0.1, 0.15) is 23.5 Å². The van der Waals surface area contributed by atoms with Gasteiger partial charge >= 0.3 is 0 Å². The number of carbonyl (C=O) groups is 1. The van der Waals surface area contributed by atoms with Crippen LogP contribution in [0.3, 0.4) is 0 Å². The standard InChI is InChI=1S/C14H15BrN2O2/c1-9-7-11(15)8-16-14(9)17-13(18)6-5-12-4-3-10(2)19-12/h3-4,7-8H,5-6H2,1-2H3,(H,16,17,18). The molecule has 0 spiro atoms. The number of halogens is 1. The van der Waals surface area contributed by atoms with Gasteiger partial charge in [-0.05, 0) is 53.5 Å². The monoisotopic (exact) mass is 322 g/mol. The highest BCUT2D eigenvalue weighted by atomic mass is 79.9. The molecule has 0 aliphatic rings. The van der Waals surface area contributed by atoms with Crippen molar-refractivity contribution in [1.29, 1.82) is 0 Å². The average molecular weight is 323 g/mol. The average Bonchev–Trinajstić information content (AvgIpc) is 2.76. The van der Waals surface area contributed by atoms with Gasteiger partial charge in [-0.3, -0.25) is 4.79 Å². The van der Waals surface area contributed by atoms with Crippen molar-refractivity contribution in [2.45, 2.75) is 26.7 Å². The number of hydrogen-bond donors (Lipinski definition) is 1. The van der Waals surface area contributed by atoms with Crippen molar-refractivity contribution in [3.05, 3.63) is 46.0 Å². The predicted octanol–water partition coefficient (Wildman–Crippen LogP) is 3.63. The molecule has 0 unspecified atom stereocenters. The van der Waals surface area contributed by atoms with Crippen LogP contribution < -0.4 is 5.32 Å². The van der Waals surface area contributed by atoms with Crippen molar-refractivity contribution in [3.8, 4) is 0 Å². The minimum atomic E-state index is -0.0630. The Kier molecular flexibility index (Phi) is 4.37. The van der Waals surface area contributed by atoms with Crippen LogP contribution in [0.25, 0.3) is 0 Å². The molecule has 0 fully saturated rings. The summed E-state index contributed by atoms with van der Waals surface area (Å²) in [6.45, 7) is 3.79. The maximum Gasteiger partial charge on any atom is 0.225 e. The number of nitrogens with one attached hydrogen (secondary N) is 1. The van der Waals surface area contributed by atoms with E-state index in [2.05, 4.69) is 26.2 Å². The number of amides is 1. The van der Waals surface area contributed by atoms with E-state index in [4.69, 9.17) is 4.42 Å². The Balaban J connectivity index is 1.90. The fourth-order valence-electron chi connectivity index (χ4n) is 1.72. The second kappa shape index (κ2) is 6.02. The summed E-state index contributed by atoms with van der Waals surface area (Å²) in [5.74, 6) is 2.23. The molecule has 2 aromatic heterocycles. The van der Waals surface area contributed by atoms with Crippen LogP contribution in [0, 0.1) is 13.8 Å². The third-order valence-corrected chi connectivity index (χ3v) is 3.13. The molecule has 1 amide bonds. The van der Waals surface area contributed by atoms with Gasteiger partial charge in [0.15, 0.2) is 0 Å². The predicted molar refractivity (Wildman–Crippen MR) is 77.1 cm³/mol. The van der Waals surface area contributed by atoms with E-state index in [1.807, 2.05) is 32.0 Å². The molecule has 0 aromatic carbocycles. The minimum absolute atomic E-state index is 0.0630. The quantitative estimate of drug-likeness (QED) is 0.935. The van der Waals surface area contributed by atoms with E-state index in [0.717, 1.165) is 21.6 Å². The molecular weight excluding hydrogens is 308 g/mol. The molecule has 0 radical (unpaired) electrons. The molecule has 0 saturated heterocycles. The van der Waals surface area contributed by atoms with Gasteiger partial charge in [0.1, 0.15) is 17.3 Å². The number of rotatable bonds is 4. The number of aryl methyl sites for hydroxylation is 3. The first-order valence-corrected chi connectivity index (χ1v) is 6.81. The summed E-state index contributed by atoms with van der Waals surface area (Å²) >= 11 is 3.34. The topological polar surface area (TPSA) is 55.1 Å². The maximum atomic E-state index is 11.8. The third-order valence-electron chi connectivity index (χ3n) is 2.70. The van der Waals surface area contributed by atoms with E-state index in [9.17, 15) is 4.79 Å². The van der Waals surface area contributed by atoms with Crippen molar-refractivity contribution < 1.29 is 9.21 Å². The van der Waals surface area contributed by atoms with Crippen LogP contribution in [-0.4, -0.2) is 10.9 Å². The molecule has 100 valence electrons. The van der Waals surface area contributed by atoms with Gasteiger partial charge in [-0.2, -0.15) is 0 Å². The van der Waals surface area contributed by atoms with E-state index in [0.29, 0.717) is 18.7 Å². The van der Waals surface area contributed by atoms with Gasteiger partial charge in [0.25, 0.3) is 0 Å². The number of pyridine rings is 1. The Morgan fingerprint density at radius 1 is 1.42 bits per heavy atom. The Hall–Kier alpha value is -1.62. The van der Waals surface area contributed by atoms with Crippen LogP contribution in [0.5, 0.6) is 0 Å². The van der Waals surface area contributed by atoms with Gasteiger partial charge in [-0.25, -0.2) is 4.98 Å². The van der Waals surface area contributed by atoms with Gasteiger partial charge in [0, 0.05) is 23.5 Å². The lowest BCUT2D eigenvalue weighted by Crippen LogP contribution is -2.14. The van der Waals surface area contributed by atoms with Crippen LogP contribution in [-0.2, 0) is 11.2 Å². The minimum Gasteiger partial charge on any atom is -0.466 e. The Labute approximate surface area is 120 Å². The van der Waals surface area contributed by atoms with Crippen molar-refractivity contribution in [2.24, 2.45) is 0 Å². The molecule has 0 bridgehead atoms. The van der Waals surface area contributed by atoms with Crippen molar-refractivity contribution in [3.63, 3.8) is 0 Å².